The van der Waals surface area contributed by atoms with Gasteiger partial charge in [0.2, 0.25) is 0 Å². The van der Waals surface area contributed by atoms with Gasteiger partial charge < -0.3 is 10.1 Å². The summed E-state index contributed by atoms with van der Waals surface area (Å²) in [5.74, 6) is -0.200. The van der Waals surface area contributed by atoms with Crippen molar-refractivity contribution in [2.45, 2.75) is 19.3 Å². The fraction of sp³-hybridized carbons (Fsp3) is 0.235. The van der Waals surface area contributed by atoms with Gasteiger partial charge in [-0.1, -0.05) is 46.3 Å². The maximum atomic E-state index is 12.0. The van der Waals surface area contributed by atoms with E-state index < -0.39 is 12.8 Å². The van der Waals surface area contributed by atoms with Crippen LogP contribution in [0.5, 0.6) is 0 Å². The van der Waals surface area contributed by atoms with Gasteiger partial charge in [-0.15, -0.1) is 0 Å². The fourth-order valence-corrected chi connectivity index (χ4v) is 2.35. The van der Waals surface area contributed by atoms with E-state index in [-0.39, 0.29) is 12.5 Å². The topological polar surface area (TPSA) is 38.3 Å². The van der Waals surface area contributed by atoms with Gasteiger partial charge in [0.25, 0.3) is 5.91 Å². The molecule has 7 heteroatoms. The van der Waals surface area contributed by atoms with Crippen LogP contribution in [-0.4, -0.2) is 18.7 Å². The van der Waals surface area contributed by atoms with Crippen molar-refractivity contribution >= 4 is 21.8 Å². The van der Waals surface area contributed by atoms with Gasteiger partial charge in [0.15, 0.2) is 0 Å². The average molecular weight is 402 g/mol. The smallest absolute Gasteiger partial charge is 0.367 e. The standard InChI is InChI=1S/C17H15BrF3NO2/c18-15-3-1-2-14(8-15)16(23)22-9-12-4-6-13(7-5-12)10-24-11-17(19,20)21/h1-8H,9-11H2,(H,22,23). The monoisotopic (exact) mass is 401 g/mol. The average Bonchev–Trinajstić information content (AvgIpc) is 2.52. The number of halogens is 4. The van der Waals surface area contributed by atoms with Gasteiger partial charge >= 0.3 is 6.18 Å². The van der Waals surface area contributed by atoms with Gasteiger partial charge in [-0.2, -0.15) is 13.2 Å². The van der Waals surface area contributed by atoms with Crippen LogP contribution in [-0.2, 0) is 17.9 Å². The lowest BCUT2D eigenvalue weighted by Gasteiger charge is -2.09. The molecule has 128 valence electrons. The molecule has 0 aliphatic rings. The highest BCUT2D eigenvalue weighted by molar-refractivity contribution is 9.10. The third-order valence-corrected chi connectivity index (χ3v) is 3.59. The molecule has 0 saturated heterocycles. The lowest BCUT2D eigenvalue weighted by atomic mass is 10.1. The lowest BCUT2D eigenvalue weighted by Crippen LogP contribution is -2.22. The zero-order valence-electron chi connectivity index (χ0n) is 12.6. The second kappa shape index (κ2) is 8.30. The van der Waals surface area contributed by atoms with Crippen LogP contribution in [0.2, 0.25) is 0 Å². The van der Waals surface area contributed by atoms with Crippen LogP contribution in [0, 0.1) is 0 Å². The fourth-order valence-electron chi connectivity index (χ4n) is 1.95. The molecule has 0 atom stereocenters. The Morgan fingerprint density at radius 1 is 1.08 bits per heavy atom. The molecule has 0 fully saturated rings. The molecule has 0 unspecified atom stereocenters. The predicted octanol–water partition coefficient (Wildman–Crippen LogP) is 4.46. The normalized spacial score (nSPS) is 11.3. The van der Waals surface area contributed by atoms with Crippen LogP contribution in [0.3, 0.4) is 0 Å². The van der Waals surface area contributed by atoms with E-state index in [1.165, 1.54) is 0 Å². The molecule has 0 aliphatic carbocycles. The number of ether oxygens (including phenoxy) is 1. The highest BCUT2D eigenvalue weighted by Crippen LogP contribution is 2.16. The molecule has 3 nitrogen and oxygen atoms in total. The quantitative estimate of drug-likeness (QED) is 0.775. The summed E-state index contributed by atoms with van der Waals surface area (Å²) in [6.07, 6.45) is -4.32. The minimum absolute atomic E-state index is 0.107. The molecular formula is C17H15BrF3NO2. The lowest BCUT2D eigenvalue weighted by molar-refractivity contribution is -0.176. The largest absolute Gasteiger partial charge is 0.411 e. The molecule has 0 saturated carbocycles. The highest BCUT2D eigenvalue weighted by atomic mass is 79.9. The Labute approximate surface area is 146 Å². The van der Waals surface area contributed by atoms with Crippen LogP contribution < -0.4 is 5.32 Å². The Bertz CT molecular complexity index is 687. The summed E-state index contributed by atoms with van der Waals surface area (Å²) in [6, 6.07) is 13.9. The van der Waals surface area contributed by atoms with Crippen LogP contribution in [0.25, 0.3) is 0 Å². The van der Waals surface area contributed by atoms with Crippen molar-refractivity contribution in [1.82, 2.24) is 5.32 Å². The van der Waals surface area contributed by atoms with E-state index in [4.69, 9.17) is 0 Å². The molecule has 1 N–H and O–H groups in total. The third-order valence-electron chi connectivity index (χ3n) is 3.10. The van der Waals surface area contributed by atoms with Gasteiger partial charge in [0.1, 0.15) is 6.61 Å². The number of carbonyl (C=O) groups excluding carboxylic acids is 1. The Balaban J connectivity index is 1.82. The Morgan fingerprint density at radius 3 is 2.38 bits per heavy atom. The number of rotatable bonds is 6. The van der Waals surface area contributed by atoms with E-state index in [9.17, 15) is 18.0 Å². The van der Waals surface area contributed by atoms with E-state index in [0.717, 1.165) is 10.0 Å². The number of nitrogens with one attached hydrogen (secondary N) is 1. The van der Waals surface area contributed by atoms with Gasteiger partial charge in [0.05, 0.1) is 6.61 Å². The first kappa shape index (κ1) is 18.5. The van der Waals surface area contributed by atoms with Crippen molar-refractivity contribution in [3.05, 3.63) is 69.7 Å². The molecular weight excluding hydrogens is 387 g/mol. The van der Waals surface area contributed by atoms with E-state index in [1.807, 2.05) is 6.07 Å². The Kier molecular flexibility index (Phi) is 6.39. The molecule has 2 aromatic carbocycles. The van der Waals surface area contributed by atoms with Crippen molar-refractivity contribution in [3.63, 3.8) is 0 Å². The van der Waals surface area contributed by atoms with Crippen LogP contribution in [0.15, 0.2) is 53.0 Å². The summed E-state index contributed by atoms with van der Waals surface area (Å²) in [4.78, 5) is 12.0. The number of hydrogen-bond donors (Lipinski definition) is 1. The van der Waals surface area contributed by atoms with Crippen molar-refractivity contribution in [1.29, 1.82) is 0 Å². The summed E-state index contributed by atoms with van der Waals surface area (Å²) >= 11 is 3.30. The molecule has 24 heavy (non-hydrogen) atoms. The zero-order chi connectivity index (χ0) is 17.6. The number of carbonyl (C=O) groups is 1. The molecule has 0 aromatic heterocycles. The second-order valence-corrected chi connectivity index (χ2v) is 6.03. The second-order valence-electron chi connectivity index (χ2n) is 5.12. The summed E-state index contributed by atoms with van der Waals surface area (Å²) in [5.41, 5.74) is 2.03. The molecule has 0 bridgehead atoms. The van der Waals surface area contributed by atoms with E-state index in [2.05, 4.69) is 26.0 Å². The van der Waals surface area contributed by atoms with Crippen LogP contribution >= 0.6 is 15.9 Å². The van der Waals surface area contributed by atoms with Crippen LogP contribution in [0.1, 0.15) is 21.5 Å². The molecule has 1 amide bonds. The number of amides is 1. The van der Waals surface area contributed by atoms with Crippen molar-refractivity contribution in [3.8, 4) is 0 Å². The summed E-state index contributed by atoms with van der Waals surface area (Å²) in [7, 11) is 0. The number of alkyl halides is 3. The van der Waals surface area contributed by atoms with Gasteiger partial charge in [-0.05, 0) is 29.3 Å². The van der Waals surface area contributed by atoms with Gasteiger partial charge in [-0.25, -0.2) is 0 Å². The molecule has 0 heterocycles. The van der Waals surface area contributed by atoms with E-state index in [0.29, 0.717) is 17.7 Å². The Hall–Kier alpha value is -1.86. The maximum absolute atomic E-state index is 12.0. The molecule has 0 spiro atoms. The molecule has 0 aliphatic heterocycles. The number of hydrogen-bond acceptors (Lipinski definition) is 2. The predicted molar refractivity (Wildman–Crippen MR) is 87.5 cm³/mol. The highest BCUT2D eigenvalue weighted by Gasteiger charge is 2.27. The van der Waals surface area contributed by atoms with E-state index >= 15 is 0 Å². The van der Waals surface area contributed by atoms with Gasteiger partial charge in [-0.3, -0.25) is 4.79 Å². The summed E-state index contributed by atoms with van der Waals surface area (Å²) in [5, 5.41) is 2.79. The van der Waals surface area contributed by atoms with Crippen LogP contribution in [0.4, 0.5) is 13.2 Å². The van der Waals surface area contributed by atoms with Gasteiger partial charge in [0, 0.05) is 16.6 Å². The third kappa shape index (κ3) is 6.33. The summed E-state index contributed by atoms with van der Waals surface area (Å²) < 4.78 is 41.4. The maximum Gasteiger partial charge on any atom is 0.411 e. The van der Waals surface area contributed by atoms with E-state index in [1.54, 1.807) is 42.5 Å². The first-order valence-corrected chi connectivity index (χ1v) is 7.89. The minimum atomic E-state index is -4.32. The minimum Gasteiger partial charge on any atom is -0.367 e. The van der Waals surface area contributed by atoms with Crippen molar-refractivity contribution in [2.24, 2.45) is 0 Å². The number of benzene rings is 2. The summed E-state index contributed by atoms with van der Waals surface area (Å²) in [6.45, 7) is -1.04. The van der Waals surface area contributed by atoms with Crippen molar-refractivity contribution in [2.75, 3.05) is 6.61 Å². The Morgan fingerprint density at radius 2 is 1.75 bits per heavy atom. The first-order valence-electron chi connectivity index (χ1n) is 7.09. The molecule has 2 rings (SSSR count). The zero-order valence-corrected chi connectivity index (χ0v) is 14.2. The SMILES string of the molecule is O=C(NCc1ccc(COCC(F)(F)F)cc1)c1cccc(Br)c1. The first-order chi connectivity index (χ1) is 11.3. The van der Waals surface area contributed by atoms with Crippen molar-refractivity contribution < 1.29 is 22.7 Å². The molecule has 0 radical (unpaired) electrons. The molecule has 2 aromatic rings.